The fraction of sp³-hybridized carbons (Fsp3) is 0.357. The summed E-state index contributed by atoms with van der Waals surface area (Å²) in [6.07, 6.45) is 5.88. The number of amides is 1. The first-order chi connectivity index (χ1) is 9.16. The monoisotopic (exact) mass is 260 g/mol. The molecule has 1 N–H and O–H groups in total. The van der Waals surface area contributed by atoms with Gasteiger partial charge in [0.2, 0.25) is 5.91 Å². The van der Waals surface area contributed by atoms with Crippen LogP contribution in [0.4, 0.5) is 0 Å². The van der Waals surface area contributed by atoms with Crippen molar-refractivity contribution in [2.75, 3.05) is 13.1 Å². The van der Waals surface area contributed by atoms with E-state index in [0.717, 1.165) is 5.69 Å². The standard InChI is InChI=1S/C14H16N2O3/c17-13(5-4-12-3-1-2-8-15-12)16-9-6-11(7-10-16)14(18)19/h1-5,8,11H,6-7,9-10H2,(H,18,19). The SMILES string of the molecule is O=C(O)C1CCN(C(=O)C=Cc2ccccn2)CC1. The van der Waals surface area contributed by atoms with Crippen LogP contribution in [-0.4, -0.2) is 40.0 Å². The molecule has 0 atom stereocenters. The molecule has 0 aliphatic carbocycles. The first kappa shape index (κ1) is 13.3. The van der Waals surface area contributed by atoms with E-state index in [2.05, 4.69) is 4.98 Å². The van der Waals surface area contributed by atoms with E-state index in [1.165, 1.54) is 6.08 Å². The highest BCUT2D eigenvalue weighted by molar-refractivity contribution is 5.91. The molecule has 5 heteroatoms. The minimum Gasteiger partial charge on any atom is -0.481 e. The van der Waals surface area contributed by atoms with Gasteiger partial charge in [0.15, 0.2) is 0 Å². The number of carbonyl (C=O) groups is 2. The van der Waals surface area contributed by atoms with Crippen molar-refractivity contribution in [2.24, 2.45) is 5.92 Å². The molecule has 1 saturated heterocycles. The molecule has 2 heterocycles. The fourth-order valence-corrected chi connectivity index (χ4v) is 2.08. The van der Waals surface area contributed by atoms with Crippen molar-refractivity contribution in [3.05, 3.63) is 36.2 Å². The lowest BCUT2D eigenvalue weighted by molar-refractivity contribution is -0.144. The zero-order valence-electron chi connectivity index (χ0n) is 10.5. The molecule has 2 rings (SSSR count). The molecule has 1 aromatic heterocycles. The normalized spacial score (nSPS) is 16.7. The van der Waals surface area contributed by atoms with E-state index in [0.29, 0.717) is 25.9 Å². The van der Waals surface area contributed by atoms with E-state index in [1.54, 1.807) is 17.2 Å². The molecule has 1 amide bonds. The molecule has 1 aliphatic heterocycles. The zero-order chi connectivity index (χ0) is 13.7. The van der Waals surface area contributed by atoms with Gasteiger partial charge >= 0.3 is 5.97 Å². The number of likely N-dealkylation sites (tertiary alicyclic amines) is 1. The highest BCUT2D eigenvalue weighted by Crippen LogP contribution is 2.17. The quantitative estimate of drug-likeness (QED) is 0.834. The number of carboxylic acids is 1. The summed E-state index contributed by atoms with van der Waals surface area (Å²) in [5.74, 6) is -1.17. The van der Waals surface area contributed by atoms with Gasteiger partial charge in [0.25, 0.3) is 0 Å². The van der Waals surface area contributed by atoms with Crippen LogP contribution in [0.5, 0.6) is 0 Å². The minimum absolute atomic E-state index is 0.0884. The Bertz CT molecular complexity index is 477. The van der Waals surface area contributed by atoms with Crippen LogP contribution in [0, 0.1) is 5.92 Å². The number of hydrogen-bond acceptors (Lipinski definition) is 3. The van der Waals surface area contributed by atoms with Crippen LogP contribution in [0.15, 0.2) is 30.5 Å². The summed E-state index contributed by atoms with van der Waals surface area (Å²) in [6.45, 7) is 1.00. The number of piperidine rings is 1. The molecular formula is C14H16N2O3. The molecule has 1 aromatic rings. The summed E-state index contributed by atoms with van der Waals surface area (Å²) in [6, 6.07) is 5.49. The minimum atomic E-state index is -0.767. The van der Waals surface area contributed by atoms with E-state index in [4.69, 9.17) is 5.11 Å². The van der Waals surface area contributed by atoms with Gasteiger partial charge in [0.05, 0.1) is 11.6 Å². The second kappa shape index (κ2) is 6.13. The van der Waals surface area contributed by atoms with E-state index in [1.807, 2.05) is 18.2 Å². The Balaban J connectivity index is 1.88. The molecule has 0 bridgehead atoms. The van der Waals surface area contributed by atoms with Gasteiger partial charge in [-0.3, -0.25) is 14.6 Å². The van der Waals surface area contributed by atoms with Gasteiger partial charge in [-0.1, -0.05) is 6.07 Å². The Morgan fingerprint density at radius 3 is 2.63 bits per heavy atom. The molecular weight excluding hydrogens is 244 g/mol. The predicted octanol–water partition coefficient (Wildman–Crippen LogP) is 1.42. The number of pyridine rings is 1. The van der Waals surface area contributed by atoms with Crippen LogP contribution >= 0.6 is 0 Å². The van der Waals surface area contributed by atoms with Crippen molar-refractivity contribution in [2.45, 2.75) is 12.8 Å². The van der Waals surface area contributed by atoms with Gasteiger partial charge in [-0.2, -0.15) is 0 Å². The number of nitrogens with zero attached hydrogens (tertiary/aromatic N) is 2. The maximum atomic E-state index is 11.9. The Morgan fingerprint density at radius 1 is 1.32 bits per heavy atom. The van der Waals surface area contributed by atoms with E-state index < -0.39 is 5.97 Å². The van der Waals surface area contributed by atoms with Crippen molar-refractivity contribution in [1.29, 1.82) is 0 Å². The third-order valence-corrected chi connectivity index (χ3v) is 3.24. The van der Waals surface area contributed by atoms with Gasteiger partial charge in [0.1, 0.15) is 0 Å². The molecule has 5 nitrogen and oxygen atoms in total. The van der Waals surface area contributed by atoms with Crippen LogP contribution in [0.2, 0.25) is 0 Å². The Morgan fingerprint density at radius 2 is 2.05 bits per heavy atom. The summed E-state index contributed by atoms with van der Waals surface area (Å²) < 4.78 is 0. The fourth-order valence-electron chi connectivity index (χ4n) is 2.08. The maximum Gasteiger partial charge on any atom is 0.306 e. The first-order valence-corrected chi connectivity index (χ1v) is 6.27. The van der Waals surface area contributed by atoms with E-state index in [9.17, 15) is 9.59 Å². The van der Waals surface area contributed by atoms with Crippen LogP contribution < -0.4 is 0 Å². The van der Waals surface area contributed by atoms with Crippen molar-refractivity contribution in [3.8, 4) is 0 Å². The second-order valence-corrected chi connectivity index (χ2v) is 4.53. The summed E-state index contributed by atoms with van der Waals surface area (Å²) in [7, 11) is 0. The number of hydrogen-bond donors (Lipinski definition) is 1. The molecule has 1 aliphatic rings. The molecule has 0 radical (unpaired) electrons. The van der Waals surface area contributed by atoms with Gasteiger partial charge in [-0.25, -0.2) is 0 Å². The lowest BCUT2D eigenvalue weighted by atomic mass is 9.97. The number of rotatable bonds is 3. The van der Waals surface area contributed by atoms with Gasteiger partial charge < -0.3 is 10.0 Å². The molecule has 0 saturated carbocycles. The Hall–Kier alpha value is -2.17. The van der Waals surface area contributed by atoms with Crippen LogP contribution in [-0.2, 0) is 9.59 Å². The molecule has 0 spiro atoms. The van der Waals surface area contributed by atoms with Crippen molar-refractivity contribution in [1.82, 2.24) is 9.88 Å². The first-order valence-electron chi connectivity index (χ1n) is 6.27. The molecule has 1 fully saturated rings. The summed E-state index contributed by atoms with van der Waals surface area (Å²) in [5, 5.41) is 8.89. The highest BCUT2D eigenvalue weighted by atomic mass is 16.4. The summed E-state index contributed by atoms with van der Waals surface area (Å²) >= 11 is 0. The third kappa shape index (κ3) is 3.64. The second-order valence-electron chi connectivity index (χ2n) is 4.53. The lowest BCUT2D eigenvalue weighted by Gasteiger charge is -2.29. The number of aromatic nitrogens is 1. The predicted molar refractivity (Wildman–Crippen MR) is 70.2 cm³/mol. The van der Waals surface area contributed by atoms with Gasteiger partial charge in [-0.15, -0.1) is 0 Å². The number of carboxylic acid groups (broad SMARTS) is 1. The molecule has 19 heavy (non-hydrogen) atoms. The lowest BCUT2D eigenvalue weighted by Crippen LogP contribution is -2.39. The maximum absolute atomic E-state index is 11.9. The van der Waals surface area contributed by atoms with Crippen molar-refractivity contribution < 1.29 is 14.7 Å². The highest BCUT2D eigenvalue weighted by Gasteiger charge is 2.25. The van der Waals surface area contributed by atoms with Gasteiger partial charge in [0, 0.05) is 25.4 Å². The van der Waals surface area contributed by atoms with E-state index in [-0.39, 0.29) is 11.8 Å². The van der Waals surface area contributed by atoms with Crippen LogP contribution in [0.3, 0.4) is 0 Å². The topological polar surface area (TPSA) is 70.5 Å². The summed E-state index contributed by atoms with van der Waals surface area (Å²) in [4.78, 5) is 28.5. The van der Waals surface area contributed by atoms with Crippen molar-refractivity contribution >= 4 is 18.0 Å². The molecule has 0 aromatic carbocycles. The number of aliphatic carboxylic acids is 1. The largest absolute Gasteiger partial charge is 0.481 e. The Kier molecular flexibility index (Phi) is 4.28. The summed E-state index contributed by atoms with van der Waals surface area (Å²) in [5.41, 5.74) is 0.733. The van der Waals surface area contributed by atoms with Crippen LogP contribution in [0.1, 0.15) is 18.5 Å². The zero-order valence-corrected chi connectivity index (χ0v) is 10.5. The Labute approximate surface area is 111 Å². The van der Waals surface area contributed by atoms with Crippen LogP contribution in [0.25, 0.3) is 6.08 Å². The average Bonchev–Trinajstić information content (AvgIpc) is 2.46. The smallest absolute Gasteiger partial charge is 0.306 e. The van der Waals surface area contributed by atoms with E-state index >= 15 is 0 Å². The average molecular weight is 260 g/mol. The molecule has 100 valence electrons. The third-order valence-electron chi connectivity index (χ3n) is 3.24. The molecule has 0 unspecified atom stereocenters. The van der Waals surface area contributed by atoms with Gasteiger partial charge in [-0.05, 0) is 31.1 Å². The number of carbonyl (C=O) groups excluding carboxylic acids is 1. The van der Waals surface area contributed by atoms with Crippen molar-refractivity contribution in [3.63, 3.8) is 0 Å².